The number of ether oxygens (including phenoxy) is 1. The minimum Gasteiger partial charge on any atom is -0.379 e. The van der Waals surface area contributed by atoms with Crippen LogP contribution in [0.5, 0.6) is 0 Å². The van der Waals surface area contributed by atoms with Crippen molar-refractivity contribution in [1.29, 1.82) is 0 Å². The van der Waals surface area contributed by atoms with E-state index in [0.29, 0.717) is 0 Å². The molecule has 1 heterocycles. The van der Waals surface area contributed by atoms with Gasteiger partial charge in [-0.05, 0) is 29.2 Å². The highest BCUT2D eigenvalue weighted by molar-refractivity contribution is 14.0. The Morgan fingerprint density at radius 1 is 0.929 bits per heavy atom. The molecule has 0 unspecified atom stereocenters. The van der Waals surface area contributed by atoms with Crippen LogP contribution in [0, 0.1) is 6.92 Å². The van der Waals surface area contributed by atoms with E-state index in [9.17, 15) is 0 Å². The molecule has 0 aliphatic carbocycles. The molecule has 2 N–H and O–H groups in total. The van der Waals surface area contributed by atoms with Gasteiger partial charge in [-0.2, -0.15) is 0 Å². The quantitative estimate of drug-likeness (QED) is 0.368. The zero-order valence-electron chi connectivity index (χ0n) is 16.8. The number of rotatable bonds is 6. The summed E-state index contributed by atoms with van der Waals surface area (Å²) in [5.41, 5.74) is 5.24. The van der Waals surface area contributed by atoms with Crippen LogP contribution in [-0.2, 0) is 24.4 Å². The third kappa shape index (κ3) is 6.76. The van der Waals surface area contributed by atoms with Crippen molar-refractivity contribution in [3.63, 3.8) is 0 Å². The molecule has 0 aromatic heterocycles. The third-order valence-corrected chi connectivity index (χ3v) is 4.99. The Kier molecular flexibility index (Phi) is 9.73. The maximum Gasteiger partial charge on any atom is 0.191 e. The van der Waals surface area contributed by atoms with Gasteiger partial charge in [0.15, 0.2) is 5.96 Å². The van der Waals surface area contributed by atoms with Crippen molar-refractivity contribution < 1.29 is 4.74 Å². The minimum atomic E-state index is 0. The van der Waals surface area contributed by atoms with Crippen molar-refractivity contribution in [1.82, 2.24) is 15.5 Å². The summed E-state index contributed by atoms with van der Waals surface area (Å²) in [6, 6.07) is 17.0. The van der Waals surface area contributed by atoms with Gasteiger partial charge in [0.05, 0.1) is 13.2 Å². The van der Waals surface area contributed by atoms with E-state index in [2.05, 4.69) is 76.0 Å². The number of benzene rings is 2. The molecule has 1 aliphatic heterocycles. The van der Waals surface area contributed by atoms with Crippen LogP contribution < -0.4 is 10.6 Å². The van der Waals surface area contributed by atoms with Gasteiger partial charge in [0.25, 0.3) is 0 Å². The standard InChI is InChI=1S/C22H30N4O.HI/c1-18-7-3-4-8-19(18)15-24-22(23-2)25-16-20-9-5-6-10-21(20)17-26-11-13-27-14-12-26;/h3-10H,11-17H2,1-2H3,(H2,23,24,25);1H. The number of aliphatic imine (C=N–C) groups is 1. The normalized spacial score (nSPS) is 15.0. The van der Waals surface area contributed by atoms with Crippen molar-refractivity contribution >= 4 is 29.9 Å². The number of hydrogen-bond acceptors (Lipinski definition) is 3. The van der Waals surface area contributed by atoms with Crippen LogP contribution in [-0.4, -0.2) is 44.2 Å². The lowest BCUT2D eigenvalue weighted by atomic mass is 10.1. The highest BCUT2D eigenvalue weighted by Gasteiger charge is 2.12. The van der Waals surface area contributed by atoms with E-state index in [1.165, 1.54) is 22.3 Å². The summed E-state index contributed by atoms with van der Waals surface area (Å²) in [4.78, 5) is 6.81. The van der Waals surface area contributed by atoms with Gasteiger partial charge < -0.3 is 15.4 Å². The van der Waals surface area contributed by atoms with E-state index in [1.807, 2.05) is 7.05 Å². The van der Waals surface area contributed by atoms with Crippen molar-refractivity contribution in [3.05, 3.63) is 70.8 Å². The predicted molar refractivity (Wildman–Crippen MR) is 126 cm³/mol. The molecule has 1 aliphatic rings. The molecule has 2 aromatic carbocycles. The summed E-state index contributed by atoms with van der Waals surface area (Å²) in [6.07, 6.45) is 0. The molecule has 5 nitrogen and oxygen atoms in total. The Morgan fingerprint density at radius 2 is 1.50 bits per heavy atom. The van der Waals surface area contributed by atoms with Crippen LogP contribution in [0.2, 0.25) is 0 Å². The van der Waals surface area contributed by atoms with Gasteiger partial charge in [0.1, 0.15) is 0 Å². The van der Waals surface area contributed by atoms with Gasteiger partial charge >= 0.3 is 0 Å². The highest BCUT2D eigenvalue weighted by atomic mass is 127. The zero-order valence-corrected chi connectivity index (χ0v) is 19.1. The topological polar surface area (TPSA) is 48.9 Å². The van der Waals surface area contributed by atoms with Gasteiger partial charge in [-0.1, -0.05) is 48.5 Å². The lowest BCUT2D eigenvalue weighted by Gasteiger charge is -2.27. The zero-order chi connectivity index (χ0) is 18.9. The first-order chi connectivity index (χ1) is 13.3. The van der Waals surface area contributed by atoms with Crippen LogP contribution in [0.15, 0.2) is 53.5 Å². The fourth-order valence-corrected chi connectivity index (χ4v) is 3.27. The Bertz CT molecular complexity index is 760. The van der Waals surface area contributed by atoms with Crippen molar-refractivity contribution in [2.45, 2.75) is 26.6 Å². The summed E-state index contributed by atoms with van der Waals surface area (Å²) in [5, 5.41) is 6.86. The van der Waals surface area contributed by atoms with Crippen LogP contribution in [0.3, 0.4) is 0 Å². The molecule has 0 atom stereocenters. The summed E-state index contributed by atoms with van der Waals surface area (Å²) >= 11 is 0. The number of guanidine groups is 1. The molecule has 0 spiro atoms. The van der Waals surface area contributed by atoms with Gasteiger partial charge in [-0.25, -0.2) is 0 Å². The molecule has 0 radical (unpaired) electrons. The third-order valence-electron chi connectivity index (χ3n) is 4.99. The first kappa shape index (κ1) is 22.6. The second kappa shape index (κ2) is 12.0. The van der Waals surface area contributed by atoms with Crippen molar-refractivity contribution in [2.24, 2.45) is 4.99 Å². The molecule has 0 amide bonds. The van der Waals surface area contributed by atoms with Crippen LogP contribution in [0.25, 0.3) is 0 Å². The highest BCUT2D eigenvalue weighted by Crippen LogP contribution is 2.13. The number of nitrogens with zero attached hydrogens (tertiary/aromatic N) is 2. The van der Waals surface area contributed by atoms with E-state index < -0.39 is 0 Å². The van der Waals surface area contributed by atoms with Crippen LogP contribution in [0.4, 0.5) is 0 Å². The van der Waals surface area contributed by atoms with Gasteiger partial charge in [-0.15, -0.1) is 24.0 Å². The summed E-state index contributed by atoms with van der Waals surface area (Å²) in [6.45, 7) is 8.29. The fourth-order valence-electron chi connectivity index (χ4n) is 3.27. The number of aryl methyl sites for hydroxylation is 1. The van der Waals surface area contributed by atoms with Crippen molar-refractivity contribution in [2.75, 3.05) is 33.4 Å². The Hall–Kier alpha value is -1.64. The van der Waals surface area contributed by atoms with Gasteiger partial charge in [0, 0.05) is 39.8 Å². The van der Waals surface area contributed by atoms with E-state index in [-0.39, 0.29) is 24.0 Å². The molecule has 1 saturated heterocycles. The molecule has 3 rings (SSSR count). The van der Waals surface area contributed by atoms with Crippen molar-refractivity contribution in [3.8, 4) is 0 Å². The van der Waals surface area contributed by atoms with Crippen LogP contribution >= 0.6 is 24.0 Å². The molecule has 1 fully saturated rings. The van der Waals surface area contributed by atoms with E-state index in [4.69, 9.17) is 4.74 Å². The monoisotopic (exact) mass is 494 g/mol. The Balaban J connectivity index is 0.00000280. The van der Waals surface area contributed by atoms with E-state index in [0.717, 1.165) is 51.9 Å². The molecular formula is C22H31IN4O. The number of morpholine rings is 1. The second-order valence-electron chi connectivity index (χ2n) is 6.86. The summed E-state index contributed by atoms with van der Waals surface area (Å²) in [5.74, 6) is 0.819. The number of halogens is 1. The smallest absolute Gasteiger partial charge is 0.191 e. The molecule has 28 heavy (non-hydrogen) atoms. The second-order valence-corrected chi connectivity index (χ2v) is 6.86. The molecule has 6 heteroatoms. The number of nitrogens with one attached hydrogen (secondary N) is 2. The summed E-state index contributed by atoms with van der Waals surface area (Å²) < 4.78 is 5.45. The van der Waals surface area contributed by atoms with Gasteiger partial charge in [-0.3, -0.25) is 9.89 Å². The lowest BCUT2D eigenvalue weighted by molar-refractivity contribution is 0.0341. The van der Waals surface area contributed by atoms with Gasteiger partial charge in [0.2, 0.25) is 0 Å². The largest absolute Gasteiger partial charge is 0.379 e. The SMILES string of the molecule is CN=C(NCc1ccccc1C)NCc1ccccc1CN1CCOCC1.I. The predicted octanol–water partition coefficient (Wildman–Crippen LogP) is 3.31. The number of hydrogen-bond donors (Lipinski definition) is 2. The average molecular weight is 494 g/mol. The average Bonchev–Trinajstić information content (AvgIpc) is 2.71. The molecule has 2 aromatic rings. The fraction of sp³-hybridized carbons (Fsp3) is 0.409. The first-order valence-electron chi connectivity index (χ1n) is 9.62. The van der Waals surface area contributed by atoms with E-state index >= 15 is 0 Å². The molecule has 0 saturated carbocycles. The Labute approximate surface area is 185 Å². The molecular weight excluding hydrogens is 463 g/mol. The van der Waals surface area contributed by atoms with E-state index in [1.54, 1.807) is 0 Å². The first-order valence-corrected chi connectivity index (χ1v) is 9.62. The lowest BCUT2D eigenvalue weighted by Crippen LogP contribution is -2.37. The molecule has 0 bridgehead atoms. The summed E-state index contributed by atoms with van der Waals surface area (Å²) in [7, 11) is 1.81. The minimum absolute atomic E-state index is 0. The van der Waals surface area contributed by atoms with Crippen LogP contribution in [0.1, 0.15) is 22.3 Å². The molecule has 152 valence electrons. The Morgan fingerprint density at radius 3 is 2.14 bits per heavy atom. The maximum atomic E-state index is 5.45. The maximum absolute atomic E-state index is 5.45.